The van der Waals surface area contributed by atoms with Gasteiger partial charge in [0.1, 0.15) is 0 Å². The van der Waals surface area contributed by atoms with Crippen molar-refractivity contribution in [2.24, 2.45) is 11.1 Å². The first-order chi connectivity index (χ1) is 5.18. The second kappa shape index (κ2) is 5.90. The molecule has 1 unspecified atom stereocenters. The smallest absolute Gasteiger partial charge is 0.00229 e. The second-order valence-corrected chi connectivity index (χ2v) is 4.49. The molecule has 0 aliphatic heterocycles. The highest BCUT2D eigenvalue weighted by Gasteiger charge is 2.20. The lowest BCUT2D eigenvalue weighted by Crippen LogP contribution is -2.27. The van der Waals surface area contributed by atoms with Crippen LogP contribution in [0.4, 0.5) is 0 Å². The monoisotopic (exact) mass is 175 g/mol. The van der Waals surface area contributed by atoms with Gasteiger partial charge >= 0.3 is 0 Å². The van der Waals surface area contributed by atoms with Gasteiger partial charge in [0.15, 0.2) is 0 Å². The molecule has 0 radical (unpaired) electrons. The Kier molecular flexibility index (Phi) is 6.06. The Hall–Kier alpha value is 0.310. The minimum absolute atomic E-state index is 0.401. The summed E-state index contributed by atoms with van der Waals surface area (Å²) >= 11 is 1.91. The van der Waals surface area contributed by atoms with Crippen molar-refractivity contribution in [3.63, 3.8) is 0 Å². The molecule has 2 N–H and O–H groups in total. The van der Waals surface area contributed by atoms with Crippen LogP contribution in [0.5, 0.6) is 0 Å². The van der Waals surface area contributed by atoms with Crippen molar-refractivity contribution in [3.05, 3.63) is 0 Å². The maximum absolute atomic E-state index is 5.72. The minimum atomic E-state index is 0.401. The van der Waals surface area contributed by atoms with Gasteiger partial charge in [-0.2, -0.15) is 11.8 Å². The minimum Gasteiger partial charge on any atom is -0.330 e. The molecule has 0 spiro atoms. The first-order valence-corrected chi connectivity index (χ1v) is 5.77. The maximum atomic E-state index is 5.72. The van der Waals surface area contributed by atoms with Crippen LogP contribution < -0.4 is 5.73 Å². The summed E-state index contributed by atoms with van der Waals surface area (Å²) in [6, 6.07) is 0. The SMILES string of the molecule is CCCC(C)(CN)CCSC. The van der Waals surface area contributed by atoms with Crippen LogP contribution in [-0.2, 0) is 0 Å². The molecule has 0 rings (SSSR count). The largest absolute Gasteiger partial charge is 0.330 e. The lowest BCUT2D eigenvalue weighted by atomic mass is 9.83. The average molecular weight is 175 g/mol. The van der Waals surface area contributed by atoms with Gasteiger partial charge in [0.05, 0.1) is 0 Å². The predicted molar refractivity (Wildman–Crippen MR) is 55.1 cm³/mol. The van der Waals surface area contributed by atoms with E-state index in [4.69, 9.17) is 5.73 Å². The van der Waals surface area contributed by atoms with Crippen molar-refractivity contribution in [1.29, 1.82) is 0 Å². The summed E-state index contributed by atoms with van der Waals surface area (Å²) in [5.41, 5.74) is 6.13. The van der Waals surface area contributed by atoms with Gasteiger partial charge in [-0.05, 0) is 36.8 Å². The number of hydrogen-bond donors (Lipinski definition) is 1. The number of nitrogens with two attached hydrogens (primary N) is 1. The summed E-state index contributed by atoms with van der Waals surface area (Å²) in [4.78, 5) is 0. The number of thioether (sulfide) groups is 1. The summed E-state index contributed by atoms with van der Waals surface area (Å²) in [6.07, 6.45) is 5.94. The third-order valence-electron chi connectivity index (χ3n) is 2.26. The molecule has 0 aliphatic carbocycles. The Labute approximate surface area is 75.1 Å². The molecule has 0 amide bonds. The van der Waals surface area contributed by atoms with E-state index >= 15 is 0 Å². The quantitative estimate of drug-likeness (QED) is 0.671. The molecule has 0 saturated carbocycles. The van der Waals surface area contributed by atoms with Crippen molar-refractivity contribution >= 4 is 11.8 Å². The lowest BCUT2D eigenvalue weighted by Gasteiger charge is -2.26. The molecular formula is C9H21NS. The van der Waals surface area contributed by atoms with E-state index in [9.17, 15) is 0 Å². The van der Waals surface area contributed by atoms with E-state index in [2.05, 4.69) is 20.1 Å². The van der Waals surface area contributed by atoms with Crippen LogP contribution in [0.1, 0.15) is 33.1 Å². The van der Waals surface area contributed by atoms with Crippen LogP contribution >= 0.6 is 11.8 Å². The Morgan fingerprint density at radius 3 is 2.36 bits per heavy atom. The molecule has 11 heavy (non-hydrogen) atoms. The Bertz CT molecular complexity index is 95.6. The molecule has 0 bridgehead atoms. The molecule has 0 aromatic heterocycles. The first kappa shape index (κ1) is 11.3. The Morgan fingerprint density at radius 2 is 2.00 bits per heavy atom. The highest BCUT2D eigenvalue weighted by atomic mass is 32.2. The molecule has 1 atom stereocenters. The van der Waals surface area contributed by atoms with E-state index in [1.165, 1.54) is 25.0 Å². The average Bonchev–Trinajstić information content (AvgIpc) is 2.02. The Morgan fingerprint density at radius 1 is 1.36 bits per heavy atom. The van der Waals surface area contributed by atoms with E-state index in [0.29, 0.717) is 5.41 Å². The van der Waals surface area contributed by atoms with Crippen LogP contribution in [0.2, 0.25) is 0 Å². The fourth-order valence-corrected chi connectivity index (χ4v) is 1.98. The second-order valence-electron chi connectivity index (χ2n) is 3.51. The van der Waals surface area contributed by atoms with E-state index in [1.54, 1.807) is 0 Å². The molecule has 2 heteroatoms. The predicted octanol–water partition coefficient (Wildman–Crippen LogP) is 2.50. The third kappa shape index (κ3) is 4.70. The van der Waals surface area contributed by atoms with Gasteiger partial charge in [-0.15, -0.1) is 0 Å². The van der Waals surface area contributed by atoms with Gasteiger partial charge < -0.3 is 5.73 Å². The molecule has 1 nitrogen and oxygen atoms in total. The van der Waals surface area contributed by atoms with E-state index in [1.807, 2.05) is 11.8 Å². The van der Waals surface area contributed by atoms with E-state index < -0.39 is 0 Å². The zero-order valence-electron chi connectivity index (χ0n) is 8.02. The summed E-state index contributed by atoms with van der Waals surface area (Å²) in [5.74, 6) is 1.24. The van der Waals surface area contributed by atoms with E-state index in [0.717, 1.165) is 6.54 Å². The number of rotatable bonds is 6. The fraction of sp³-hybridized carbons (Fsp3) is 1.00. The molecule has 0 aliphatic rings. The van der Waals surface area contributed by atoms with Gasteiger partial charge in [-0.1, -0.05) is 20.3 Å². The van der Waals surface area contributed by atoms with Crippen LogP contribution in [0, 0.1) is 5.41 Å². The van der Waals surface area contributed by atoms with Crippen molar-refractivity contribution in [1.82, 2.24) is 0 Å². The summed E-state index contributed by atoms with van der Waals surface area (Å²) < 4.78 is 0. The van der Waals surface area contributed by atoms with Gasteiger partial charge in [-0.25, -0.2) is 0 Å². The fourth-order valence-electron chi connectivity index (χ4n) is 1.28. The molecule has 0 aromatic rings. The molecule has 68 valence electrons. The molecule has 0 aromatic carbocycles. The van der Waals surface area contributed by atoms with E-state index in [-0.39, 0.29) is 0 Å². The van der Waals surface area contributed by atoms with Crippen LogP contribution in [0.15, 0.2) is 0 Å². The highest BCUT2D eigenvalue weighted by Crippen LogP contribution is 2.27. The zero-order valence-corrected chi connectivity index (χ0v) is 8.84. The Balaban J connectivity index is 3.68. The molecular weight excluding hydrogens is 154 g/mol. The summed E-state index contributed by atoms with van der Waals surface area (Å²) in [6.45, 7) is 5.36. The van der Waals surface area contributed by atoms with Crippen molar-refractivity contribution in [2.45, 2.75) is 33.1 Å². The topological polar surface area (TPSA) is 26.0 Å². The van der Waals surface area contributed by atoms with Crippen LogP contribution in [-0.4, -0.2) is 18.6 Å². The maximum Gasteiger partial charge on any atom is -0.00229 e. The normalized spacial score (nSPS) is 16.4. The van der Waals surface area contributed by atoms with Crippen molar-refractivity contribution in [3.8, 4) is 0 Å². The molecule has 0 saturated heterocycles. The van der Waals surface area contributed by atoms with Gasteiger partial charge in [0.25, 0.3) is 0 Å². The molecule has 0 heterocycles. The lowest BCUT2D eigenvalue weighted by molar-refractivity contribution is 0.296. The zero-order chi connectivity index (χ0) is 8.74. The molecule has 0 fully saturated rings. The standard InChI is InChI=1S/C9H21NS/c1-4-5-9(2,8-10)6-7-11-3/h4-8,10H2,1-3H3. The summed E-state index contributed by atoms with van der Waals surface area (Å²) in [7, 11) is 0. The summed E-state index contributed by atoms with van der Waals surface area (Å²) in [5, 5.41) is 0. The number of hydrogen-bond acceptors (Lipinski definition) is 2. The van der Waals surface area contributed by atoms with Crippen molar-refractivity contribution < 1.29 is 0 Å². The first-order valence-electron chi connectivity index (χ1n) is 4.37. The van der Waals surface area contributed by atoms with Crippen LogP contribution in [0.25, 0.3) is 0 Å². The highest BCUT2D eigenvalue weighted by molar-refractivity contribution is 7.98. The van der Waals surface area contributed by atoms with Gasteiger partial charge in [0.2, 0.25) is 0 Å². The third-order valence-corrected chi connectivity index (χ3v) is 2.87. The van der Waals surface area contributed by atoms with Gasteiger partial charge in [0, 0.05) is 0 Å². The van der Waals surface area contributed by atoms with Crippen molar-refractivity contribution in [2.75, 3.05) is 18.6 Å². The van der Waals surface area contributed by atoms with Crippen LogP contribution in [0.3, 0.4) is 0 Å². The van der Waals surface area contributed by atoms with Gasteiger partial charge in [-0.3, -0.25) is 0 Å².